The molecule has 7 heteroatoms. The maximum absolute atomic E-state index is 12.2. The molecule has 1 saturated carbocycles. The van der Waals surface area contributed by atoms with E-state index in [0.29, 0.717) is 23.8 Å². The molecule has 0 saturated heterocycles. The van der Waals surface area contributed by atoms with Crippen LogP contribution in [-0.4, -0.2) is 14.8 Å². The number of thioether (sulfide) groups is 1. The third-order valence-corrected chi connectivity index (χ3v) is 7.00. The summed E-state index contributed by atoms with van der Waals surface area (Å²) in [7, 11) is 0. The number of furan rings is 1. The molecule has 3 aromatic heterocycles. The zero-order chi connectivity index (χ0) is 20.1. The van der Waals surface area contributed by atoms with Crippen molar-refractivity contribution < 1.29 is 8.83 Å². The van der Waals surface area contributed by atoms with Gasteiger partial charge in [0, 0.05) is 23.1 Å². The van der Waals surface area contributed by atoms with Gasteiger partial charge in [-0.2, -0.15) is 0 Å². The Morgan fingerprint density at radius 1 is 1.13 bits per heavy atom. The molecule has 0 bridgehead atoms. The summed E-state index contributed by atoms with van der Waals surface area (Å²) in [5, 5.41) is 10.8. The molecule has 0 radical (unpaired) electrons. The summed E-state index contributed by atoms with van der Waals surface area (Å²) < 4.78 is 13.2. The highest BCUT2D eigenvalue weighted by atomic mass is 32.2. The summed E-state index contributed by atoms with van der Waals surface area (Å²) in [5.74, 6) is 3.06. The van der Waals surface area contributed by atoms with Gasteiger partial charge < -0.3 is 8.83 Å². The molecule has 0 aliphatic heterocycles. The average Bonchev–Trinajstić information content (AvgIpc) is 3.12. The van der Waals surface area contributed by atoms with Gasteiger partial charge >= 0.3 is 5.63 Å². The first kappa shape index (κ1) is 18.0. The zero-order valence-electron chi connectivity index (χ0n) is 16.5. The lowest BCUT2D eigenvalue weighted by Crippen LogP contribution is -2.06. The van der Waals surface area contributed by atoms with Gasteiger partial charge in [-0.25, -0.2) is 4.79 Å². The van der Waals surface area contributed by atoms with E-state index in [1.807, 2.05) is 12.1 Å². The fourth-order valence-electron chi connectivity index (χ4n) is 4.31. The van der Waals surface area contributed by atoms with Crippen LogP contribution in [0.25, 0.3) is 11.0 Å². The summed E-state index contributed by atoms with van der Waals surface area (Å²) in [6, 6.07) is 9.75. The lowest BCUT2D eigenvalue weighted by Gasteiger charge is -2.10. The smallest absolute Gasteiger partial charge is 0.336 e. The Bertz CT molecular complexity index is 1290. The molecule has 0 atom stereocenters. The predicted octanol–water partition coefficient (Wildman–Crippen LogP) is 4.68. The Labute approximate surface area is 177 Å². The van der Waals surface area contributed by atoms with Crippen LogP contribution >= 0.6 is 11.8 Å². The molecule has 152 valence electrons. The van der Waals surface area contributed by atoms with Crippen molar-refractivity contribution in [1.82, 2.24) is 14.8 Å². The minimum atomic E-state index is -0.299. The van der Waals surface area contributed by atoms with Gasteiger partial charge in [0.15, 0.2) is 5.16 Å². The first-order valence-corrected chi connectivity index (χ1v) is 11.4. The van der Waals surface area contributed by atoms with Crippen molar-refractivity contribution in [1.29, 1.82) is 0 Å². The first-order valence-electron chi connectivity index (χ1n) is 10.4. The van der Waals surface area contributed by atoms with Gasteiger partial charge in [-0.05, 0) is 73.1 Å². The molecule has 1 aromatic carbocycles. The van der Waals surface area contributed by atoms with Crippen LogP contribution in [-0.2, 0) is 25.1 Å². The fraction of sp³-hybridized carbons (Fsp3) is 0.348. The topological polar surface area (TPSA) is 74.1 Å². The summed E-state index contributed by atoms with van der Waals surface area (Å²) in [5.41, 5.74) is 4.06. The maximum Gasteiger partial charge on any atom is 0.336 e. The van der Waals surface area contributed by atoms with Crippen LogP contribution in [0, 0.1) is 0 Å². The van der Waals surface area contributed by atoms with Crippen molar-refractivity contribution in [2.75, 3.05) is 0 Å². The number of nitrogens with zero attached hydrogens (tertiary/aromatic N) is 3. The molecule has 2 aliphatic carbocycles. The van der Waals surface area contributed by atoms with E-state index in [4.69, 9.17) is 8.83 Å². The number of hydrogen-bond acceptors (Lipinski definition) is 6. The zero-order valence-corrected chi connectivity index (χ0v) is 17.3. The third kappa shape index (κ3) is 3.27. The first-order chi connectivity index (χ1) is 14.7. The highest BCUT2D eigenvalue weighted by molar-refractivity contribution is 7.98. The van der Waals surface area contributed by atoms with E-state index in [2.05, 4.69) is 26.9 Å². The second-order valence-corrected chi connectivity index (χ2v) is 9.07. The molecule has 6 nitrogen and oxygen atoms in total. The van der Waals surface area contributed by atoms with Crippen molar-refractivity contribution in [3.63, 3.8) is 0 Å². The Morgan fingerprint density at radius 2 is 2.00 bits per heavy atom. The third-order valence-electron chi connectivity index (χ3n) is 5.98. The van der Waals surface area contributed by atoms with Crippen LogP contribution in [0.5, 0.6) is 0 Å². The number of benzene rings is 1. The molecule has 0 unspecified atom stereocenters. The van der Waals surface area contributed by atoms with Gasteiger partial charge in [0.25, 0.3) is 0 Å². The Balaban J connectivity index is 1.33. The molecular weight excluding hydrogens is 398 g/mol. The van der Waals surface area contributed by atoms with Crippen LogP contribution in [0.1, 0.15) is 53.5 Å². The average molecular weight is 420 g/mol. The van der Waals surface area contributed by atoms with Gasteiger partial charge in [-0.1, -0.05) is 11.8 Å². The van der Waals surface area contributed by atoms with Crippen molar-refractivity contribution in [3.8, 4) is 0 Å². The standard InChI is InChI=1S/C23H21N3O3S/c27-21-11-17(19-9-15-3-1-4-16(15)10-20(19)29-21)13-30-23-25-24-22(14-6-7-14)26(23)12-18-5-2-8-28-18/h2,5,8-11,14H,1,3-4,6-7,12-13H2. The van der Waals surface area contributed by atoms with E-state index >= 15 is 0 Å². The van der Waals surface area contributed by atoms with E-state index in [1.54, 1.807) is 24.1 Å². The van der Waals surface area contributed by atoms with E-state index < -0.39 is 0 Å². The SMILES string of the molecule is O=c1cc(CSc2nnc(C3CC3)n2Cc2ccco2)c2cc3c(cc2o1)CCC3. The highest BCUT2D eigenvalue weighted by Crippen LogP contribution is 2.40. The van der Waals surface area contributed by atoms with Crippen LogP contribution < -0.4 is 5.63 Å². The number of hydrogen-bond donors (Lipinski definition) is 0. The molecule has 6 rings (SSSR count). The van der Waals surface area contributed by atoms with Crippen LogP contribution in [0.15, 0.2) is 55.4 Å². The molecule has 4 aromatic rings. The minimum absolute atomic E-state index is 0.299. The molecule has 30 heavy (non-hydrogen) atoms. The van der Waals surface area contributed by atoms with Crippen molar-refractivity contribution in [3.05, 3.63) is 75.3 Å². The summed E-state index contributed by atoms with van der Waals surface area (Å²) in [4.78, 5) is 12.2. The summed E-state index contributed by atoms with van der Waals surface area (Å²) in [6.45, 7) is 0.624. The minimum Gasteiger partial charge on any atom is -0.467 e. The van der Waals surface area contributed by atoms with E-state index in [9.17, 15) is 4.79 Å². The summed E-state index contributed by atoms with van der Waals surface area (Å²) >= 11 is 1.61. The van der Waals surface area contributed by atoms with Gasteiger partial charge in [0.2, 0.25) is 0 Å². The quantitative estimate of drug-likeness (QED) is 0.334. The monoisotopic (exact) mass is 419 g/mol. The van der Waals surface area contributed by atoms with Crippen molar-refractivity contribution in [2.24, 2.45) is 0 Å². The number of fused-ring (bicyclic) bond motifs is 2. The number of aromatic nitrogens is 3. The Hall–Kier alpha value is -2.80. The maximum atomic E-state index is 12.2. The van der Waals surface area contributed by atoms with Gasteiger partial charge in [0.05, 0.1) is 12.8 Å². The fourth-order valence-corrected chi connectivity index (χ4v) is 5.25. The van der Waals surface area contributed by atoms with Gasteiger partial charge in [0.1, 0.15) is 17.2 Å². The highest BCUT2D eigenvalue weighted by Gasteiger charge is 2.30. The molecule has 0 N–H and O–H groups in total. The second-order valence-electron chi connectivity index (χ2n) is 8.13. The number of aryl methyl sites for hydroxylation is 2. The molecular formula is C23H21N3O3S. The predicted molar refractivity (Wildman–Crippen MR) is 114 cm³/mol. The normalized spacial score (nSPS) is 15.7. The van der Waals surface area contributed by atoms with Crippen LogP contribution in [0.3, 0.4) is 0 Å². The molecule has 3 heterocycles. The molecule has 0 spiro atoms. The second kappa shape index (κ2) is 7.16. The molecule has 2 aliphatic rings. The Kier molecular flexibility index (Phi) is 4.30. The lowest BCUT2D eigenvalue weighted by molar-refractivity contribution is 0.478. The van der Waals surface area contributed by atoms with E-state index in [0.717, 1.165) is 53.4 Å². The Morgan fingerprint density at radius 3 is 2.80 bits per heavy atom. The van der Waals surface area contributed by atoms with Crippen LogP contribution in [0.2, 0.25) is 0 Å². The number of rotatable bonds is 6. The van der Waals surface area contributed by atoms with Crippen molar-refractivity contribution >= 4 is 22.7 Å². The summed E-state index contributed by atoms with van der Waals surface area (Å²) in [6.07, 6.45) is 7.34. The van der Waals surface area contributed by atoms with Gasteiger partial charge in [-0.3, -0.25) is 4.57 Å². The van der Waals surface area contributed by atoms with Crippen molar-refractivity contribution in [2.45, 2.75) is 55.5 Å². The van der Waals surface area contributed by atoms with E-state index in [1.165, 1.54) is 17.5 Å². The lowest BCUT2D eigenvalue weighted by atomic mass is 10.0. The van der Waals surface area contributed by atoms with E-state index in [-0.39, 0.29) is 5.63 Å². The molecule has 0 amide bonds. The molecule has 1 fully saturated rings. The largest absolute Gasteiger partial charge is 0.467 e. The van der Waals surface area contributed by atoms with Gasteiger partial charge in [-0.15, -0.1) is 10.2 Å². The van der Waals surface area contributed by atoms with Crippen LogP contribution in [0.4, 0.5) is 0 Å².